The van der Waals surface area contributed by atoms with Crippen LogP contribution < -0.4 is 5.32 Å². The SMILES string of the molecule is Cc1noc(C2CNC2)n1. The fourth-order valence-corrected chi connectivity index (χ4v) is 0.942. The van der Waals surface area contributed by atoms with Gasteiger partial charge in [-0.15, -0.1) is 0 Å². The van der Waals surface area contributed by atoms with Gasteiger partial charge in [0, 0.05) is 13.1 Å². The Morgan fingerprint density at radius 1 is 1.60 bits per heavy atom. The molecule has 0 saturated carbocycles. The Morgan fingerprint density at radius 3 is 2.80 bits per heavy atom. The van der Waals surface area contributed by atoms with Crippen molar-refractivity contribution in [3.05, 3.63) is 11.7 Å². The van der Waals surface area contributed by atoms with Gasteiger partial charge in [0.15, 0.2) is 5.82 Å². The molecule has 0 amide bonds. The molecule has 2 rings (SSSR count). The van der Waals surface area contributed by atoms with Gasteiger partial charge in [-0.3, -0.25) is 0 Å². The second kappa shape index (κ2) is 2.05. The predicted molar refractivity (Wildman–Crippen MR) is 34.6 cm³/mol. The van der Waals surface area contributed by atoms with Crippen LogP contribution in [0, 0.1) is 6.92 Å². The van der Waals surface area contributed by atoms with E-state index in [0.29, 0.717) is 5.92 Å². The number of hydrogen-bond donors (Lipinski definition) is 1. The molecule has 0 aromatic carbocycles. The summed E-state index contributed by atoms with van der Waals surface area (Å²) < 4.78 is 4.97. The van der Waals surface area contributed by atoms with E-state index in [1.165, 1.54) is 0 Å². The first kappa shape index (κ1) is 5.85. The summed E-state index contributed by atoms with van der Waals surface area (Å²) in [7, 11) is 0. The Labute approximate surface area is 58.6 Å². The summed E-state index contributed by atoms with van der Waals surface area (Å²) in [5.41, 5.74) is 0. The normalized spacial score (nSPS) is 18.9. The van der Waals surface area contributed by atoms with Crippen molar-refractivity contribution >= 4 is 0 Å². The zero-order chi connectivity index (χ0) is 6.97. The smallest absolute Gasteiger partial charge is 0.232 e. The van der Waals surface area contributed by atoms with Crippen molar-refractivity contribution < 1.29 is 4.52 Å². The first-order valence-corrected chi connectivity index (χ1v) is 3.37. The molecule has 1 aliphatic heterocycles. The number of rotatable bonds is 1. The number of nitrogens with one attached hydrogen (secondary N) is 1. The van der Waals surface area contributed by atoms with Crippen LogP contribution in [0.3, 0.4) is 0 Å². The van der Waals surface area contributed by atoms with Crippen LogP contribution in [0.4, 0.5) is 0 Å². The van der Waals surface area contributed by atoms with E-state index in [9.17, 15) is 0 Å². The van der Waals surface area contributed by atoms with Crippen LogP contribution in [0.5, 0.6) is 0 Å². The van der Waals surface area contributed by atoms with Crippen molar-refractivity contribution in [2.75, 3.05) is 13.1 Å². The molecule has 0 atom stereocenters. The highest BCUT2D eigenvalue weighted by atomic mass is 16.5. The first-order valence-electron chi connectivity index (χ1n) is 3.37. The zero-order valence-electron chi connectivity index (χ0n) is 5.79. The molecule has 0 bridgehead atoms. The average Bonchev–Trinajstić information content (AvgIpc) is 2.10. The van der Waals surface area contributed by atoms with Gasteiger partial charge in [0.2, 0.25) is 5.89 Å². The van der Waals surface area contributed by atoms with E-state index < -0.39 is 0 Å². The van der Waals surface area contributed by atoms with Crippen LogP contribution in [0.2, 0.25) is 0 Å². The maximum absolute atomic E-state index is 4.97. The van der Waals surface area contributed by atoms with Gasteiger partial charge in [0.1, 0.15) is 0 Å². The molecule has 1 aromatic heterocycles. The van der Waals surface area contributed by atoms with Crippen LogP contribution in [0.25, 0.3) is 0 Å². The molecular formula is C6H9N3O. The van der Waals surface area contributed by atoms with Crippen molar-refractivity contribution in [3.63, 3.8) is 0 Å². The van der Waals surface area contributed by atoms with E-state index in [-0.39, 0.29) is 0 Å². The molecule has 0 radical (unpaired) electrons. The van der Waals surface area contributed by atoms with Crippen molar-refractivity contribution in [1.29, 1.82) is 0 Å². The van der Waals surface area contributed by atoms with Crippen LogP contribution in [0.1, 0.15) is 17.6 Å². The van der Waals surface area contributed by atoms with Gasteiger partial charge in [0.05, 0.1) is 5.92 Å². The van der Waals surface area contributed by atoms with Gasteiger partial charge in [0.25, 0.3) is 0 Å². The lowest BCUT2D eigenvalue weighted by atomic mass is 10.0. The second-order valence-electron chi connectivity index (χ2n) is 2.54. The summed E-state index contributed by atoms with van der Waals surface area (Å²) in [6.45, 7) is 3.78. The third-order valence-electron chi connectivity index (χ3n) is 1.67. The number of aromatic nitrogens is 2. The topological polar surface area (TPSA) is 51.0 Å². The zero-order valence-corrected chi connectivity index (χ0v) is 5.79. The van der Waals surface area contributed by atoms with Crippen molar-refractivity contribution in [2.24, 2.45) is 0 Å². The van der Waals surface area contributed by atoms with E-state index in [1.54, 1.807) is 0 Å². The Morgan fingerprint density at radius 2 is 2.40 bits per heavy atom. The lowest BCUT2D eigenvalue weighted by molar-refractivity contribution is 0.306. The number of aryl methyl sites for hydroxylation is 1. The fourth-order valence-electron chi connectivity index (χ4n) is 0.942. The highest BCUT2D eigenvalue weighted by Gasteiger charge is 2.24. The van der Waals surface area contributed by atoms with Crippen molar-refractivity contribution in [3.8, 4) is 0 Å². The molecule has 4 nitrogen and oxygen atoms in total. The maximum atomic E-state index is 4.97. The van der Waals surface area contributed by atoms with Gasteiger partial charge in [-0.25, -0.2) is 0 Å². The monoisotopic (exact) mass is 139 g/mol. The molecule has 4 heteroatoms. The Kier molecular flexibility index (Phi) is 1.20. The quantitative estimate of drug-likeness (QED) is 0.598. The van der Waals surface area contributed by atoms with Crippen LogP contribution in [-0.2, 0) is 0 Å². The minimum Gasteiger partial charge on any atom is -0.339 e. The molecule has 1 fully saturated rings. The lowest BCUT2D eigenvalue weighted by Crippen LogP contribution is -2.40. The predicted octanol–water partition coefficient (Wildman–Crippen LogP) is 0.0648. The average molecular weight is 139 g/mol. The number of nitrogens with zero attached hydrogens (tertiary/aromatic N) is 2. The van der Waals surface area contributed by atoms with Gasteiger partial charge >= 0.3 is 0 Å². The fraction of sp³-hybridized carbons (Fsp3) is 0.667. The minimum absolute atomic E-state index is 0.459. The van der Waals surface area contributed by atoms with Crippen molar-refractivity contribution in [1.82, 2.24) is 15.5 Å². The van der Waals surface area contributed by atoms with E-state index >= 15 is 0 Å². The van der Waals surface area contributed by atoms with Crippen molar-refractivity contribution in [2.45, 2.75) is 12.8 Å². The Bertz CT molecular complexity index is 229. The molecule has 1 N–H and O–H groups in total. The third-order valence-corrected chi connectivity index (χ3v) is 1.67. The van der Waals surface area contributed by atoms with Gasteiger partial charge in [-0.1, -0.05) is 5.16 Å². The Balaban J connectivity index is 2.17. The van der Waals surface area contributed by atoms with E-state index in [1.807, 2.05) is 6.92 Å². The van der Waals surface area contributed by atoms with Crippen LogP contribution in [0.15, 0.2) is 4.52 Å². The highest BCUT2D eigenvalue weighted by Crippen LogP contribution is 2.16. The summed E-state index contributed by atoms with van der Waals surface area (Å²) in [6.07, 6.45) is 0. The standard InChI is InChI=1S/C6H9N3O/c1-4-8-6(10-9-4)5-2-7-3-5/h5,7H,2-3H2,1H3. The third kappa shape index (κ3) is 0.806. The minimum atomic E-state index is 0.459. The van der Waals surface area contributed by atoms with Gasteiger partial charge in [-0.2, -0.15) is 4.98 Å². The number of hydrogen-bond acceptors (Lipinski definition) is 4. The molecular weight excluding hydrogens is 130 g/mol. The van der Waals surface area contributed by atoms with Gasteiger partial charge in [-0.05, 0) is 6.92 Å². The summed E-state index contributed by atoms with van der Waals surface area (Å²) in [5, 5.41) is 6.85. The molecule has 1 aliphatic rings. The molecule has 54 valence electrons. The summed E-state index contributed by atoms with van der Waals surface area (Å²) in [6, 6.07) is 0. The molecule has 10 heavy (non-hydrogen) atoms. The van der Waals surface area contributed by atoms with E-state index in [2.05, 4.69) is 15.5 Å². The largest absolute Gasteiger partial charge is 0.339 e. The van der Waals surface area contributed by atoms with E-state index in [4.69, 9.17) is 4.52 Å². The molecule has 0 spiro atoms. The summed E-state index contributed by atoms with van der Waals surface area (Å²) in [5.74, 6) is 1.96. The molecule has 2 heterocycles. The second-order valence-corrected chi connectivity index (χ2v) is 2.54. The molecule has 1 saturated heterocycles. The van der Waals surface area contributed by atoms with Crippen LogP contribution >= 0.6 is 0 Å². The molecule has 0 aliphatic carbocycles. The summed E-state index contributed by atoms with van der Waals surface area (Å²) >= 11 is 0. The van der Waals surface area contributed by atoms with E-state index in [0.717, 1.165) is 24.8 Å². The molecule has 0 unspecified atom stereocenters. The Hall–Kier alpha value is -0.900. The molecule has 1 aromatic rings. The maximum Gasteiger partial charge on any atom is 0.232 e. The lowest BCUT2D eigenvalue weighted by Gasteiger charge is -2.22. The van der Waals surface area contributed by atoms with Crippen LogP contribution in [-0.4, -0.2) is 23.2 Å². The highest BCUT2D eigenvalue weighted by molar-refractivity contribution is 4.99. The summed E-state index contributed by atoms with van der Waals surface area (Å²) in [4.78, 5) is 4.11. The first-order chi connectivity index (χ1) is 4.86. The van der Waals surface area contributed by atoms with Gasteiger partial charge < -0.3 is 9.84 Å².